The van der Waals surface area contributed by atoms with E-state index in [1.807, 2.05) is 12.3 Å². The smallest absolute Gasteiger partial charge is 0.250 e. The third kappa shape index (κ3) is 5.56. The molecule has 0 bridgehead atoms. The summed E-state index contributed by atoms with van der Waals surface area (Å²) in [4.78, 5) is 21.9. The van der Waals surface area contributed by atoms with Crippen molar-refractivity contribution in [2.24, 2.45) is 5.73 Å². The average molecular weight is 558 g/mol. The number of nitrogens with zero attached hydrogens (tertiary/aromatic N) is 3. The summed E-state index contributed by atoms with van der Waals surface area (Å²) in [5.41, 5.74) is 10.3. The summed E-state index contributed by atoms with van der Waals surface area (Å²) >= 11 is 1.76. The SMILES string of the molecule is CCS(=O)(=O)N1CCC(c2c[nH]c3c(C(N)=O)cc(-c4csc(CN(C)C5CCN(C)CC5)c4)cc23)CC1. The first-order chi connectivity index (χ1) is 18.2. The maximum absolute atomic E-state index is 12.4. The molecule has 0 aliphatic carbocycles. The third-order valence-electron chi connectivity index (χ3n) is 8.44. The number of sulfonamides is 1. The Bertz CT molecular complexity index is 1400. The summed E-state index contributed by atoms with van der Waals surface area (Å²) in [5, 5.41) is 3.17. The number of hydrogen-bond acceptors (Lipinski definition) is 6. The van der Waals surface area contributed by atoms with Gasteiger partial charge in [0, 0.05) is 42.1 Å². The fourth-order valence-corrected chi connectivity index (χ4v) is 8.09. The molecule has 3 N–H and O–H groups in total. The number of carbonyl (C=O) groups excluding carboxylic acids is 1. The molecule has 5 rings (SSSR count). The van der Waals surface area contributed by atoms with Crippen LogP contribution in [0.2, 0.25) is 0 Å². The van der Waals surface area contributed by atoms with Gasteiger partial charge in [-0.25, -0.2) is 12.7 Å². The minimum absolute atomic E-state index is 0.131. The van der Waals surface area contributed by atoms with E-state index >= 15 is 0 Å². The molecule has 3 aromatic rings. The molecule has 4 heterocycles. The number of piperidine rings is 2. The van der Waals surface area contributed by atoms with Gasteiger partial charge in [0.05, 0.1) is 16.8 Å². The predicted octanol–water partition coefficient (Wildman–Crippen LogP) is 4.05. The van der Waals surface area contributed by atoms with Gasteiger partial charge in [0.2, 0.25) is 10.0 Å². The lowest BCUT2D eigenvalue weighted by Crippen LogP contribution is -2.41. The molecular weight excluding hydrogens is 518 g/mol. The van der Waals surface area contributed by atoms with Crippen LogP contribution >= 0.6 is 11.3 Å². The normalized spacial score (nSPS) is 19.1. The summed E-state index contributed by atoms with van der Waals surface area (Å²) in [6.45, 7) is 5.94. The van der Waals surface area contributed by atoms with E-state index in [9.17, 15) is 13.2 Å². The highest BCUT2D eigenvalue weighted by atomic mass is 32.2. The Labute approximate surface area is 229 Å². The van der Waals surface area contributed by atoms with Crippen LogP contribution in [0.15, 0.2) is 29.8 Å². The highest BCUT2D eigenvalue weighted by Gasteiger charge is 2.29. The Morgan fingerprint density at radius 3 is 2.47 bits per heavy atom. The van der Waals surface area contributed by atoms with Gasteiger partial charge in [-0.05, 0) is 106 Å². The molecule has 0 spiro atoms. The number of nitrogens with two attached hydrogens (primary N) is 1. The first-order valence-corrected chi connectivity index (χ1v) is 16.0. The van der Waals surface area contributed by atoms with Gasteiger partial charge in [0.15, 0.2) is 0 Å². The van der Waals surface area contributed by atoms with E-state index in [-0.39, 0.29) is 11.7 Å². The highest BCUT2D eigenvalue weighted by molar-refractivity contribution is 7.89. The first-order valence-electron chi connectivity index (χ1n) is 13.6. The predicted molar refractivity (Wildman–Crippen MR) is 155 cm³/mol. The van der Waals surface area contributed by atoms with Gasteiger partial charge in [-0.1, -0.05) is 0 Å². The molecule has 38 heavy (non-hydrogen) atoms. The van der Waals surface area contributed by atoms with Gasteiger partial charge in [-0.3, -0.25) is 9.69 Å². The number of thiophene rings is 1. The third-order valence-corrected chi connectivity index (χ3v) is 11.2. The molecule has 206 valence electrons. The molecule has 2 aliphatic heterocycles. The van der Waals surface area contributed by atoms with E-state index in [1.54, 1.807) is 22.6 Å². The second-order valence-electron chi connectivity index (χ2n) is 10.9. The summed E-state index contributed by atoms with van der Waals surface area (Å²) in [6, 6.07) is 6.90. The molecular formula is C28H39N5O3S2. The molecule has 0 radical (unpaired) electrons. The van der Waals surface area contributed by atoms with Gasteiger partial charge in [-0.15, -0.1) is 11.3 Å². The average Bonchev–Trinajstić information content (AvgIpc) is 3.55. The van der Waals surface area contributed by atoms with E-state index in [0.29, 0.717) is 24.7 Å². The van der Waals surface area contributed by atoms with E-state index in [1.165, 1.54) is 17.7 Å². The van der Waals surface area contributed by atoms with Gasteiger partial charge in [0.1, 0.15) is 0 Å². The number of hydrogen-bond donors (Lipinski definition) is 2. The quantitative estimate of drug-likeness (QED) is 0.435. The summed E-state index contributed by atoms with van der Waals surface area (Å²) < 4.78 is 26.2. The first kappa shape index (κ1) is 27.3. The fraction of sp³-hybridized carbons (Fsp3) is 0.536. The Hall–Kier alpha value is -2.24. The molecule has 2 aliphatic rings. The van der Waals surface area contributed by atoms with Crippen LogP contribution in [0.3, 0.4) is 0 Å². The highest BCUT2D eigenvalue weighted by Crippen LogP contribution is 2.38. The van der Waals surface area contributed by atoms with Crippen molar-refractivity contribution in [3.05, 3.63) is 45.8 Å². The van der Waals surface area contributed by atoms with E-state index < -0.39 is 15.9 Å². The largest absolute Gasteiger partial charge is 0.366 e. The van der Waals surface area contributed by atoms with Crippen molar-refractivity contribution in [3.8, 4) is 11.1 Å². The number of rotatable bonds is 8. The monoisotopic (exact) mass is 557 g/mol. The number of fused-ring (bicyclic) bond motifs is 1. The van der Waals surface area contributed by atoms with Crippen LogP contribution in [0, 0.1) is 0 Å². The standard InChI is InChI=1S/C28H39N5O3S2/c1-4-38(35,36)33-11-5-19(6-12-33)26-16-30-27-24(26)14-20(15-25(27)28(29)34)21-13-23(37-18-21)17-32(3)22-7-9-31(2)10-8-22/h13-16,18-19,22,30H,4-12,17H2,1-3H3,(H2,29,34). The summed E-state index contributed by atoms with van der Waals surface area (Å²) in [7, 11) is 1.23. The van der Waals surface area contributed by atoms with Gasteiger partial charge in [-0.2, -0.15) is 0 Å². The number of aromatic amines is 1. The zero-order valence-corrected chi connectivity index (χ0v) is 24.2. The van der Waals surface area contributed by atoms with Gasteiger partial charge < -0.3 is 15.6 Å². The molecule has 0 unspecified atom stereocenters. The van der Waals surface area contributed by atoms with Crippen molar-refractivity contribution in [3.63, 3.8) is 0 Å². The van der Waals surface area contributed by atoms with Crippen LogP contribution in [0.5, 0.6) is 0 Å². The summed E-state index contributed by atoms with van der Waals surface area (Å²) in [6.07, 6.45) is 5.89. The lowest BCUT2D eigenvalue weighted by atomic mass is 9.88. The van der Waals surface area contributed by atoms with Crippen LogP contribution in [0.1, 0.15) is 59.3 Å². The van der Waals surface area contributed by atoms with Crippen molar-refractivity contribution in [2.75, 3.05) is 46.0 Å². The van der Waals surface area contributed by atoms with Crippen molar-refractivity contribution < 1.29 is 13.2 Å². The van der Waals surface area contributed by atoms with Crippen molar-refractivity contribution in [1.82, 2.24) is 19.1 Å². The van der Waals surface area contributed by atoms with Crippen LogP contribution in [-0.4, -0.2) is 85.5 Å². The van der Waals surface area contributed by atoms with Crippen LogP contribution in [-0.2, 0) is 16.6 Å². The zero-order valence-electron chi connectivity index (χ0n) is 22.6. The fourth-order valence-electron chi connectivity index (χ4n) is 6.00. The number of nitrogens with one attached hydrogen (secondary N) is 1. The molecule has 0 saturated carbocycles. The molecule has 1 amide bonds. The van der Waals surface area contributed by atoms with Gasteiger partial charge in [0.25, 0.3) is 5.91 Å². The second kappa shape index (κ2) is 11.1. The van der Waals surface area contributed by atoms with E-state index in [2.05, 4.69) is 46.4 Å². The molecule has 2 fully saturated rings. The molecule has 2 aromatic heterocycles. The van der Waals surface area contributed by atoms with Crippen molar-refractivity contribution in [1.29, 1.82) is 0 Å². The van der Waals surface area contributed by atoms with Crippen LogP contribution in [0.4, 0.5) is 0 Å². The Morgan fingerprint density at radius 1 is 1.11 bits per heavy atom. The van der Waals surface area contributed by atoms with E-state index in [0.717, 1.165) is 60.1 Å². The zero-order chi connectivity index (χ0) is 27.0. The minimum Gasteiger partial charge on any atom is -0.366 e. The van der Waals surface area contributed by atoms with Crippen molar-refractivity contribution in [2.45, 2.75) is 51.1 Å². The molecule has 2 saturated heterocycles. The van der Waals surface area contributed by atoms with Gasteiger partial charge >= 0.3 is 0 Å². The van der Waals surface area contributed by atoms with Crippen LogP contribution < -0.4 is 5.73 Å². The van der Waals surface area contributed by atoms with E-state index in [4.69, 9.17) is 5.73 Å². The maximum Gasteiger partial charge on any atom is 0.250 e. The number of benzene rings is 1. The molecule has 0 atom stereocenters. The number of primary amides is 1. The minimum atomic E-state index is -3.17. The Morgan fingerprint density at radius 2 is 1.82 bits per heavy atom. The number of amides is 1. The molecule has 8 nitrogen and oxygen atoms in total. The number of H-pyrrole nitrogens is 1. The van der Waals surface area contributed by atoms with Crippen LogP contribution in [0.25, 0.3) is 22.0 Å². The second-order valence-corrected chi connectivity index (χ2v) is 14.1. The molecule has 10 heteroatoms. The maximum atomic E-state index is 12.4. The van der Waals surface area contributed by atoms with Crippen molar-refractivity contribution >= 4 is 38.2 Å². The Kier molecular flexibility index (Phi) is 7.98. The topological polar surface area (TPSA) is 103 Å². The lowest BCUT2D eigenvalue weighted by Gasteiger charge is -2.34. The summed E-state index contributed by atoms with van der Waals surface area (Å²) in [5.74, 6) is -0.0946. The molecule has 1 aromatic carbocycles. The lowest BCUT2D eigenvalue weighted by molar-refractivity contribution is 0.100. The number of carbonyl (C=O) groups is 1. The number of likely N-dealkylation sites (tertiary alicyclic amines) is 1. The Balaban J connectivity index is 1.39. The number of aromatic nitrogens is 1.